The molecule has 124 valence electrons. The van der Waals surface area contributed by atoms with E-state index in [0.717, 1.165) is 30.6 Å². The molecule has 0 radical (unpaired) electrons. The minimum absolute atomic E-state index is 0.0302. The van der Waals surface area contributed by atoms with Gasteiger partial charge in [0.05, 0.1) is 12.6 Å². The van der Waals surface area contributed by atoms with Crippen LogP contribution in [0.3, 0.4) is 0 Å². The summed E-state index contributed by atoms with van der Waals surface area (Å²) in [5.74, 6) is 0.891. The Morgan fingerprint density at radius 1 is 1.22 bits per heavy atom. The van der Waals surface area contributed by atoms with Crippen molar-refractivity contribution in [1.29, 1.82) is 0 Å². The number of allylic oxidation sites excluding steroid dienone is 1. The molecule has 1 aliphatic carbocycles. The topological polar surface area (TPSA) is 50.4 Å². The lowest BCUT2D eigenvalue weighted by molar-refractivity contribution is 0.236. The van der Waals surface area contributed by atoms with Crippen LogP contribution in [0.1, 0.15) is 56.6 Å². The average molecular weight is 314 g/mol. The van der Waals surface area contributed by atoms with E-state index in [1.54, 1.807) is 0 Å². The van der Waals surface area contributed by atoms with Gasteiger partial charge in [0.2, 0.25) is 0 Å². The number of hydrogen-bond acceptors (Lipinski definition) is 2. The van der Waals surface area contributed by atoms with Crippen molar-refractivity contribution in [1.82, 2.24) is 10.6 Å². The van der Waals surface area contributed by atoms with E-state index >= 15 is 0 Å². The van der Waals surface area contributed by atoms with Crippen LogP contribution in [0.2, 0.25) is 0 Å². The first-order valence-electron chi connectivity index (χ1n) is 8.77. The fraction of sp³-hybridized carbons (Fsp3) is 0.526. The van der Waals surface area contributed by atoms with Crippen molar-refractivity contribution in [3.8, 4) is 5.75 Å². The van der Waals surface area contributed by atoms with Gasteiger partial charge in [-0.3, -0.25) is 0 Å². The van der Waals surface area contributed by atoms with Crippen LogP contribution in [0, 0.1) is 0 Å². The molecule has 1 aromatic rings. The molecule has 3 rings (SSSR count). The predicted molar refractivity (Wildman–Crippen MR) is 91.6 cm³/mol. The van der Waals surface area contributed by atoms with Crippen molar-refractivity contribution in [2.75, 3.05) is 13.2 Å². The van der Waals surface area contributed by atoms with Crippen LogP contribution in [-0.4, -0.2) is 19.2 Å². The lowest BCUT2D eigenvalue weighted by Crippen LogP contribution is -2.38. The first kappa shape index (κ1) is 15.9. The summed E-state index contributed by atoms with van der Waals surface area (Å²) in [6.45, 7) is 1.42. The van der Waals surface area contributed by atoms with Crippen LogP contribution in [0.4, 0.5) is 4.79 Å². The number of urea groups is 1. The highest BCUT2D eigenvalue weighted by Crippen LogP contribution is 2.31. The molecule has 1 heterocycles. The molecule has 0 saturated heterocycles. The number of benzene rings is 1. The maximum Gasteiger partial charge on any atom is 0.315 e. The normalized spacial score (nSPS) is 20.5. The zero-order chi connectivity index (χ0) is 15.9. The Bertz CT molecular complexity index is 568. The van der Waals surface area contributed by atoms with Crippen LogP contribution in [0.25, 0.3) is 0 Å². The Morgan fingerprint density at radius 3 is 3.00 bits per heavy atom. The highest BCUT2D eigenvalue weighted by Gasteiger charge is 2.20. The fourth-order valence-electron chi connectivity index (χ4n) is 3.35. The van der Waals surface area contributed by atoms with E-state index in [1.165, 1.54) is 31.3 Å². The van der Waals surface area contributed by atoms with Crippen molar-refractivity contribution in [2.45, 2.75) is 51.0 Å². The molecule has 0 saturated carbocycles. The summed E-state index contributed by atoms with van der Waals surface area (Å²) >= 11 is 0. The quantitative estimate of drug-likeness (QED) is 0.822. The molecule has 0 bridgehead atoms. The van der Waals surface area contributed by atoms with Gasteiger partial charge in [0.25, 0.3) is 0 Å². The van der Waals surface area contributed by atoms with Crippen molar-refractivity contribution in [2.24, 2.45) is 0 Å². The van der Waals surface area contributed by atoms with Gasteiger partial charge in [-0.2, -0.15) is 0 Å². The fourth-order valence-corrected chi connectivity index (χ4v) is 3.35. The number of fused-ring (bicyclic) bond motifs is 1. The smallest absolute Gasteiger partial charge is 0.315 e. The van der Waals surface area contributed by atoms with Crippen LogP contribution >= 0.6 is 0 Å². The molecule has 2 aliphatic rings. The van der Waals surface area contributed by atoms with Gasteiger partial charge in [-0.15, -0.1) is 0 Å². The van der Waals surface area contributed by atoms with Gasteiger partial charge in [0, 0.05) is 12.1 Å². The molecule has 1 atom stereocenters. The molecule has 23 heavy (non-hydrogen) atoms. The first-order valence-corrected chi connectivity index (χ1v) is 8.77. The SMILES string of the molecule is O=C(NCCC1=CCCCC1)NC1CCCOc2ccccc21. The molecule has 0 aromatic heterocycles. The number of ether oxygens (including phenoxy) is 1. The van der Waals surface area contributed by atoms with Crippen molar-refractivity contribution in [3.63, 3.8) is 0 Å². The largest absolute Gasteiger partial charge is 0.493 e. The maximum atomic E-state index is 12.2. The van der Waals surface area contributed by atoms with Gasteiger partial charge in [-0.05, 0) is 51.0 Å². The Hall–Kier alpha value is -1.97. The van der Waals surface area contributed by atoms with Gasteiger partial charge in [-0.1, -0.05) is 29.8 Å². The molecule has 4 heteroatoms. The van der Waals surface area contributed by atoms with Crippen LogP contribution in [0.5, 0.6) is 5.75 Å². The van der Waals surface area contributed by atoms with Crippen LogP contribution in [0.15, 0.2) is 35.9 Å². The third-order valence-corrected chi connectivity index (χ3v) is 4.61. The summed E-state index contributed by atoms with van der Waals surface area (Å²) in [6.07, 6.45) is 10.1. The Morgan fingerprint density at radius 2 is 2.13 bits per heavy atom. The Balaban J connectivity index is 1.50. The van der Waals surface area contributed by atoms with Crippen LogP contribution < -0.4 is 15.4 Å². The second-order valence-electron chi connectivity index (χ2n) is 6.34. The second kappa shape index (κ2) is 8.04. The summed E-state index contributed by atoms with van der Waals surface area (Å²) in [6, 6.07) is 7.93. The van der Waals surface area contributed by atoms with Crippen molar-refractivity contribution >= 4 is 6.03 Å². The minimum Gasteiger partial charge on any atom is -0.493 e. The standard InChI is InChI=1S/C19H26N2O2/c22-19(20-13-12-15-7-2-1-3-8-15)21-17-10-6-14-23-18-11-5-4-9-16(17)18/h4-5,7,9,11,17H,1-3,6,8,10,12-14H2,(H2,20,21,22). The Labute approximate surface area is 138 Å². The van der Waals surface area contributed by atoms with E-state index in [2.05, 4.69) is 16.7 Å². The minimum atomic E-state index is -0.0805. The molecule has 2 N–H and O–H groups in total. The number of para-hydroxylation sites is 1. The highest BCUT2D eigenvalue weighted by atomic mass is 16.5. The van der Waals surface area contributed by atoms with E-state index in [-0.39, 0.29) is 12.1 Å². The van der Waals surface area contributed by atoms with Crippen molar-refractivity contribution in [3.05, 3.63) is 41.5 Å². The molecule has 1 aromatic carbocycles. The number of hydrogen-bond donors (Lipinski definition) is 2. The van der Waals surface area contributed by atoms with Crippen LogP contribution in [-0.2, 0) is 0 Å². The molecule has 1 aliphatic heterocycles. The second-order valence-corrected chi connectivity index (χ2v) is 6.34. The van der Waals surface area contributed by atoms with Gasteiger partial charge < -0.3 is 15.4 Å². The number of nitrogens with one attached hydrogen (secondary N) is 2. The average Bonchev–Trinajstić information content (AvgIpc) is 2.78. The first-order chi connectivity index (χ1) is 11.3. The summed E-state index contributed by atoms with van der Waals surface area (Å²) in [4.78, 5) is 12.2. The van der Waals surface area contributed by atoms with Crippen molar-refractivity contribution < 1.29 is 9.53 Å². The van der Waals surface area contributed by atoms with Gasteiger partial charge in [-0.25, -0.2) is 4.79 Å². The summed E-state index contributed by atoms with van der Waals surface area (Å²) in [5, 5.41) is 6.10. The molecule has 1 unspecified atom stereocenters. The molecule has 4 nitrogen and oxygen atoms in total. The lowest BCUT2D eigenvalue weighted by Gasteiger charge is -2.19. The third kappa shape index (κ3) is 4.50. The van der Waals surface area contributed by atoms with E-state index in [9.17, 15) is 4.79 Å². The van der Waals surface area contributed by atoms with Gasteiger partial charge in [0.1, 0.15) is 5.75 Å². The third-order valence-electron chi connectivity index (χ3n) is 4.61. The molecule has 2 amide bonds. The van der Waals surface area contributed by atoms with E-state index in [4.69, 9.17) is 4.74 Å². The Kier molecular flexibility index (Phi) is 5.56. The zero-order valence-corrected chi connectivity index (χ0v) is 13.6. The van der Waals surface area contributed by atoms with E-state index in [0.29, 0.717) is 13.2 Å². The predicted octanol–water partition coefficient (Wildman–Crippen LogP) is 4.09. The molecular weight excluding hydrogens is 288 g/mol. The zero-order valence-electron chi connectivity index (χ0n) is 13.6. The summed E-state index contributed by atoms with van der Waals surface area (Å²) < 4.78 is 5.74. The highest BCUT2D eigenvalue weighted by molar-refractivity contribution is 5.74. The summed E-state index contributed by atoms with van der Waals surface area (Å²) in [7, 11) is 0. The molecular formula is C19H26N2O2. The van der Waals surface area contributed by atoms with Gasteiger partial charge >= 0.3 is 6.03 Å². The number of carbonyl (C=O) groups is 1. The molecule has 0 fully saturated rings. The van der Waals surface area contributed by atoms with Gasteiger partial charge in [0.15, 0.2) is 0 Å². The number of carbonyl (C=O) groups excluding carboxylic acids is 1. The maximum absolute atomic E-state index is 12.2. The van der Waals surface area contributed by atoms with E-state index in [1.807, 2.05) is 24.3 Å². The molecule has 0 spiro atoms. The van der Waals surface area contributed by atoms with E-state index < -0.39 is 0 Å². The summed E-state index contributed by atoms with van der Waals surface area (Å²) in [5.41, 5.74) is 2.57. The number of amides is 2. The monoisotopic (exact) mass is 314 g/mol. The number of rotatable bonds is 4. The lowest BCUT2D eigenvalue weighted by atomic mass is 9.97.